The Bertz CT molecular complexity index is 474. The summed E-state index contributed by atoms with van der Waals surface area (Å²) in [6.45, 7) is 3.23. The Labute approximate surface area is 239 Å². The molecule has 0 radical (unpaired) electrons. The van der Waals surface area contributed by atoms with Crippen LogP contribution in [0.15, 0.2) is 12.2 Å². The van der Waals surface area contributed by atoms with Crippen LogP contribution in [0.2, 0.25) is 0 Å². The second-order valence-electron chi connectivity index (χ2n) is 11.6. The predicted octanol–water partition coefficient (Wildman–Crippen LogP) is 11.4. The normalized spacial score (nSPS) is 11.5. The zero-order valence-corrected chi connectivity index (χ0v) is 25.8. The van der Waals surface area contributed by atoms with E-state index in [-0.39, 0.29) is 5.97 Å². The lowest BCUT2D eigenvalue weighted by molar-refractivity contribution is -0.143. The quantitative estimate of drug-likeness (QED) is 0.0528. The van der Waals surface area contributed by atoms with Crippen LogP contribution in [0.4, 0.5) is 0 Å². The van der Waals surface area contributed by atoms with Gasteiger partial charge in [0.05, 0.1) is 6.61 Å². The van der Waals surface area contributed by atoms with Crippen LogP contribution in [0, 0.1) is 0 Å². The lowest BCUT2D eigenvalue weighted by atomic mass is 10.0. The summed E-state index contributed by atoms with van der Waals surface area (Å²) in [4.78, 5) is 11.9. The molecule has 1 N–H and O–H groups in total. The van der Waals surface area contributed by atoms with E-state index in [0.29, 0.717) is 19.6 Å². The molecule has 0 unspecified atom stereocenters. The van der Waals surface area contributed by atoms with Crippen molar-refractivity contribution >= 4 is 5.97 Å². The maximum Gasteiger partial charge on any atom is 0.305 e. The van der Waals surface area contributed by atoms with Gasteiger partial charge in [0.1, 0.15) is 0 Å². The van der Waals surface area contributed by atoms with E-state index in [2.05, 4.69) is 19.1 Å². The van der Waals surface area contributed by atoms with Gasteiger partial charge in [-0.05, 0) is 44.9 Å². The monoisotopic (exact) mass is 537 g/mol. The average molecular weight is 537 g/mol. The largest absolute Gasteiger partial charge is 0.466 e. The third kappa shape index (κ3) is 33.2. The fraction of sp³-hybridized carbons (Fsp3) is 0.914. The summed E-state index contributed by atoms with van der Waals surface area (Å²) >= 11 is 0. The predicted molar refractivity (Wildman–Crippen MR) is 167 cm³/mol. The molecule has 0 aromatic heterocycles. The van der Waals surface area contributed by atoms with Crippen molar-refractivity contribution in [2.75, 3.05) is 13.2 Å². The van der Waals surface area contributed by atoms with Gasteiger partial charge in [-0.1, -0.05) is 154 Å². The SMILES string of the molecule is CCCCCCC=CCCCCCCCCCCCC(=O)OCCCCCCCCCCCCCCCO. The summed E-state index contributed by atoms with van der Waals surface area (Å²) in [5.74, 6) is 0.0105. The van der Waals surface area contributed by atoms with Gasteiger partial charge in [-0.2, -0.15) is 0 Å². The minimum atomic E-state index is 0.0105. The van der Waals surface area contributed by atoms with Crippen molar-refractivity contribution in [3.63, 3.8) is 0 Å². The number of ether oxygens (including phenoxy) is 1. The van der Waals surface area contributed by atoms with Gasteiger partial charge < -0.3 is 9.84 Å². The standard InChI is InChI=1S/C35H68O3/c1-2-3-4-5-6-7-8-9-10-11-12-14-17-20-23-26-29-32-35(37)38-34-31-28-25-22-19-16-13-15-18-21-24-27-30-33-36/h7-8,36H,2-6,9-34H2,1H3. The van der Waals surface area contributed by atoms with Gasteiger partial charge in [-0.15, -0.1) is 0 Å². The first-order valence-corrected chi connectivity index (χ1v) is 17.2. The number of hydrogen-bond donors (Lipinski definition) is 1. The van der Waals surface area contributed by atoms with E-state index in [9.17, 15) is 4.79 Å². The van der Waals surface area contributed by atoms with Crippen LogP contribution in [0.25, 0.3) is 0 Å². The first kappa shape index (κ1) is 37.2. The Morgan fingerprint density at radius 3 is 1.32 bits per heavy atom. The Morgan fingerprint density at radius 2 is 0.868 bits per heavy atom. The van der Waals surface area contributed by atoms with Crippen molar-refractivity contribution in [3.8, 4) is 0 Å². The molecule has 0 fully saturated rings. The van der Waals surface area contributed by atoms with Crippen molar-refractivity contribution in [2.24, 2.45) is 0 Å². The third-order valence-electron chi connectivity index (χ3n) is 7.71. The van der Waals surface area contributed by atoms with Gasteiger partial charge in [0.25, 0.3) is 0 Å². The number of rotatable bonds is 32. The molecule has 3 heteroatoms. The van der Waals surface area contributed by atoms with Crippen LogP contribution in [0.3, 0.4) is 0 Å². The van der Waals surface area contributed by atoms with Crippen LogP contribution in [-0.2, 0) is 9.53 Å². The Hall–Kier alpha value is -0.830. The zero-order valence-electron chi connectivity index (χ0n) is 25.8. The van der Waals surface area contributed by atoms with Gasteiger partial charge in [-0.3, -0.25) is 4.79 Å². The maximum absolute atomic E-state index is 11.9. The van der Waals surface area contributed by atoms with Crippen molar-refractivity contribution in [3.05, 3.63) is 12.2 Å². The topological polar surface area (TPSA) is 46.5 Å². The number of esters is 1. The molecule has 0 spiro atoms. The lowest BCUT2D eigenvalue weighted by Crippen LogP contribution is -2.05. The molecule has 0 aromatic rings. The summed E-state index contributed by atoms with van der Waals surface area (Å²) in [6, 6.07) is 0. The van der Waals surface area contributed by atoms with Gasteiger partial charge in [-0.25, -0.2) is 0 Å². The first-order valence-electron chi connectivity index (χ1n) is 17.2. The minimum Gasteiger partial charge on any atom is -0.466 e. The molecule has 3 nitrogen and oxygen atoms in total. The fourth-order valence-corrected chi connectivity index (χ4v) is 5.11. The highest BCUT2D eigenvalue weighted by atomic mass is 16.5. The van der Waals surface area contributed by atoms with E-state index < -0.39 is 0 Å². The van der Waals surface area contributed by atoms with Crippen molar-refractivity contribution < 1.29 is 14.6 Å². The summed E-state index contributed by atoms with van der Waals surface area (Å²) in [6.07, 6.45) is 41.3. The molecule has 0 aliphatic rings. The summed E-state index contributed by atoms with van der Waals surface area (Å²) in [5, 5.41) is 8.77. The Morgan fingerprint density at radius 1 is 0.500 bits per heavy atom. The van der Waals surface area contributed by atoms with Crippen LogP contribution in [0.1, 0.15) is 193 Å². The second-order valence-corrected chi connectivity index (χ2v) is 11.6. The molecule has 0 aromatic carbocycles. The van der Waals surface area contributed by atoms with E-state index in [1.54, 1.807) is 0 Å². The summed E-state index contributed by atoms with van der Waals surface area (Å²) in [7, 11) is 0. The first-order chi connectivity index (χ1) is 18.8. The fourth-order valence-electron chi connectivity index (χ4n) is 5.11. The van der Waals surface area contributed by atoms with E-state index in [1.807, 2.05) is 0 Å². The average Bonchev–Trinajstić information content (AvgIpc) is 2.92. The molecule has 0 aliphatic heterocycles. The molecule has 226 valence electrons. The van der Waals surface area contributed by atoms with Crippen LogP contribution in [-0.4, -0.2) is 24.3 Å². The summed E-state index contributed by atoms with van der Waals surface area (Å²) < 4.78 is 5.42. The molecule has 0 heterocycles. The lowest BCUT2D eigenvalue weighted by Gasteiger charge is -2.06. The molecule has 0 rings (SSSR count). The molecule has 38 heavy (non-hydrogen) atoms. The van der Waals surface area contributed by atoms with Crippen LogP contribution in [0.5, 0.6) is 0 Å². The van der Waals surface area contributed by atoms with Crippen molar-refractivity contribution in [2.45, 2.75) is 193 Å². The van der Waals surface area contributed by atoms with E-state index in [1.165, 1.54) is 161 Å². The smallest absolute Gasteiger partial charge is 0.305 e. The zero-order chi connectivity index (χ0) is 27.6. The van der Waals surface area contributed by atoms with Gasteiger partial charge >= 0.3 is 5.97 Å². The van der Waals surface area contributed by atoms with Gasteiger partial charge in [0.2, 0.25) is 0 Å². The summed E-state index contributed by atoms with van der Waals surface area (Å²) in [5.41, 5.74) is 0. The molecule has 0 bridgehead atoms. The van der Waals surface area contributed by atoms with Crippen LogP contribution < -0.4 is 0 Å². The van der Waals surface area contributed by atoms with E-state index in [0.717, 1.165) is 19.3 Å². The van der Waals surface area contributed by atoms with Crippen molar-refractivity contribution in [1.82, 2.24) is 0 Å². The number of carbonyl (C=O) groups excluding carboxylic acids is 1. The van der Waals surface area contributed by atoms with Crippen LogP contribution >= 0.6 is 0 Å². The third-order valence-corrected chi connectivity index (χ3v) is 7.71. The molecule has 0 saturated carbocycles. The van der Waals surface area contributed by atoms with Crippen molar-refractivity contribution in [1.29, 1.82) is 0 Å². The highest BCUT2D eigenvalue weighted by molar-refractivity contribution is 5.69. The molecular weight excluding hydrogens is 468 g/mol. The van der Waals surface area contributed by atoms with Gasteiger partial charge in [0, 0.05) is 13.0 Å². The Kier molecular flexibility index (Phi) is 33.5. The number of carbonyl (C=O) groups is 1. The highest BCUT2D eigenvalue weighted by Crippen LogP contribution is 2.14. The maximum atomic E-state index is 11.9. The molecule has 0 atom stereocenters. The minimum absolute atomic E-state index is 0.0105. The van der Waals surface area contributed by atoms with E-state index in [4.69, 9.17) is 9.84 Å². The van der Waals surface area contributed by atoms with Gasteiger partial charge in [0.15, 0.2) is 0 Å². The molecular formula is C35H68O3. The number of hydrogen-bond acceptors (Lipinski definition) is 3. The Balaban J connectivity index is 3.17. The van der Waals surface area contributed by atoms with E-state index >= 15 is 0 Å². The number of aliphatic hydroxyl groups is 1. The molecule has 0 saturated heterocycles. The number of allylic oxidation sites excluding steroid dienone is 2. The molecule has 0 amide bonds. The second kappa shape index (κ2) is 34.2. The highest BCUT2D eigenvalue weighted by Gasteiger charge is 2.02. The molecule has 0 aliphatic carbocycles. The number of unbranched alkanes of at least 4 members (excludes halogenated alkanes) is 25. The number of aliphatic hydroxyl groups excluding tert-OH is 1.